The fourth-order valence-corrected chi connectivity index (χ4v) is 17.0. The lowest BCUT2D eigenvalue weighted by atomic mass is 9.48. The van der Waals surface area contributed by atoms with Crippen molar-refractivity contribution in [2.24, 2.45) is 47.3 Å². The van der Waals surface area contributed by atoms with Crippen LogP contribution in [0.25, 0.3) is 0 Å². The number of hydrogen-bond acceptors (Lipinski definition) is 2. The van der Waals surface area contributed by atoms with Gasteiger partial charge >= 0.3 is 0 Å². The van der Waals surface area contributed by atoms with Gasteiger partial charge in [-0.1, -0.05) is 154 Å². The molecular weight excluding hydrogens is 629 g/mol. The summed E-state index contributed by atoms with van der Waals surface area (Å²) in [6.45, 7) is 0. The fourth-order valence-electron chi connectivity index (χ4n) is 17.0. The summed E-state index contributed by atoms with van der Waals surface area (Å²) in [6.07, 6.45) is 55.9. The van der Waals surface area contributed by atoms with Gasteiger partial charge in [0.15, 0.2) is 0 Å². The average molecular weight is 715 g/mol. The van der Waals surface area contributed by atoms with Crippen molar-refractivity contribution >= 4 is 0 Å². The van der Waals surface area contributed by atoms with Crippen LogP contribution in [0, 0.1) is 47.3 Å². The van der Waals surface area contributed by atoms with E-state index in [4.69, 9.17) is 0 Å². The highest BCUT2D eigenvalue weighted by molar-refractivity contribution is 5.12. The lowest BCUT2D eigenvalue weighted by Gasteiger charge is -2.66. The summed E-state index contributed by atoms with van der Waals surface area (Å²) in [5.41, 5.74) is 0. The van der Waals surface area contributed by atoms with Gasteiger partial charge < -0.3 is 0 Å². The molecule has 296 valence electrons. The van der Waals surface area contributed by atoms with E-state index in [9.17, 15) is 0 Å². The van der Waals surface area contributed by atoms with Crippen LogP contribution in [0.4, 0.5) is 0 Å². The van der Waals surface area contributed by atoms with E-state index in [1.807, 2.05) is 0 Å². The molecule has 9 aliphatic rings. The van der Waals surface area contributed by atoms with Crippen LogP contribution in [0.3, 0.4) is 0 Å². The fraction of sp³-hybridized carbons (Fsp3) is 1.00. The first-order valence-electron chi connectivity index (χ1n) is 25.4. The Hall–Kier alpha value is -0.0800. The Balaban J connectivity index is 1.16. The van der Waals surface area contributed by atoms with Gasteiger partial charge in [0.05, 0.1) is 0 Å². The monoisotopic (exact) mass is 715 g/mol. The van der Waals surface area contributed by atoms with Crippen molar-refractivity contribution in [2.75, 3.05) is 0 Å². The van der Waals surface area contributed by atoms with Crippen LogP contribution >= 0.6 is 0 Å². The number of hydrogen-bond donors (Lipinski definition) is 0. The van der Waals surface area contributed by atoms with Crippen molar-refractivity contribution in [1.82, 2.24) is 9.80 Å². The molecule has 0 saturated heterocycles. The summed E-state index contributed by atoms with van der Waals surface area (Å²) in [5, 5.41) is 0. The van der Waals surface area contributed by atoms with Crippen molar-refractivity contribution in [3.05, 3.63) is 0 Å². The van der Waals surface area contributed by atoms with E-state index in [0.29, 0.717) is 0 Å². The van der Waals surface area contributed by atoms with Crippen LogP contribution in [0.2, 0.25) is 0 Å². The maximum absolute atomic E-state index is 3.53. The molecule has 0 spiro atoms. The molecule has 0 aromatic heterocycles. The predicted molar refractivity (Wildman–Crippen MR) is 221 cm³/mol. The van der Waals surface area contributed by atoms with Crippen LogP contribution in [-0.2, 0) is 0 Å². The minimum absolute atomic E-state index is 0.915. The lowest BCUT2D eigenvalue weighted by Crippen LogP contribution is -2.69. The third-order valence-electron chi connectivity index (χ3n) is 19.0. The minimum Gasteiger partial charge on any atom is -0.294 e. The summed E-state index contributed by atoms with van der Waals surface area (Å²) in [5.74, 6) is 8.24. The van der Waals surface area contributed by atoms with Gasteiger partial charge in [0, 0.05) is 36.3 Å². The van der Waals surface area contributed by atoms with Crippen LogP contribution in [0.1, 0.15) is 231 Å². The van der Waals surface area contributed by atoms with Crippen molar-refractivity contribution in [3.8, 4) is 0 Å². The van der Waals surface area contributed by atoms with Crippen molar-refractivity contribution in [3.63, 3.8) is 0 Å². The largest absolute Gasteiger partial charge is 0.294 e. The molecule has 8 atom stereocenters. The Morgan fingerprint density at radius 3 is 0.750 bits per heavy atom. The Morgan fingerprint density at radius 2 is 0.462 bits per heavy atom. The molecule has 0 N–H and O–H groups in total. The molecular formula is C50H86N2. The molecule has 0 aliphatic heterocycles. The molecule has 52 heavy (non-hydrogen) atoms. The maximum atomic E-state index is 3.53. The molecule has 0 aromatic carbocycles. The highest BCUT2D eigenvalue weighted by Gasteiger charge is 2.60. The summed E-state index contributed by atoms with van der Waals surface area (Å²) in [6, 6.07) is 5.51. The van der Waals surface area contributed by atoms with E-state index < -0.39 is 0 Å². The van der Waals surface area contributed by atoms with Crippen molar-refractivity contribution in [1.29, 1.82) is 0 Å². The molecule has 2 heteroatoms. The first kappa shape index (κ1) is 37.5. The zero-order valence-corrected chi connectivity index (χ0v) is 34.4. The van der Waals surface area contributed by atoms with Crippen molar-refractivity contribution in [2.45, 2.75) is 267 Å². The van der Waals surface area contributed by atoms with E-state index in [0.717, 1.165) is 83.6 Å². The number of nitrogens with zero attached hydrogens (tertiary/aromatic N) is 2. The number of fused-ring (bicyclic) bond motifs is 2. The molecule has 9 rings (SSSR count). The quantitative estimate of drug-likeness (QED) is 0.247. The topological polar surface area (TPSA) is 6.48 Å². The van der Waals surface area contributed by atoms with Gasteiger partial charge in [-0.25, -0.2) is 0 Å². The molecule has 0 heterocycles. The molecule has 0 amide bonds. The Morgan fingerprint density at radius 1 is 0.212 bits per heavy atom. The van der Waals surface area contributed by atoms with Gasteiger partial charge in [-0.05, 0) is 124 Å². The van der Waals surface area contributed by atoms with Gasteiger partial charge in [-0.15, -0.1) is 0 Å². The van der Waals surface area contributed by atoms with Crippen LogP contribution in [0.15, 0.2) is 0 Å². The van der Waals surface area contributed by atoms with Crippen LogP contribution in [-0.4, -0.2) is 46.1 Å². The molecule has 2 nitrogen and oxygen atoms in total. The summed E-state index contributed by atoms with van der Waals surface area (Å²) in [7, 11) is 0. The molecule has 9 fully saturated rings. The van der Waals surface area contributed by atoms with Gasteiger partial charge in [0.25, 0.3) is 0 Å². The Bertz CT molecular complexity index is 930. The molecule has 9 aliphatic carbocycles. The van der Waals surface area contributed by atoms with E-state index in [2.05, 4.69) is 9.80 Å². The highest BCUT2D eigenvalue weighted by Crippen LogP contribution is 2.61. The Labute approximate surface area is 323 Å². The highest BCUT2D eigenvalue weighted by atomic mass is 15.3. The summed E-state index contributed by atoms with van der Waals surface area (Å²) < 4.78 is 0. The Kier molecular flexibility index (Phi) is 13.0. The van der Waals surface area contributed by atoms with Gasteiger partial charge in [0.2, 0.25) is 0 Å². The SMILES string of the molecule is C1CCC(C2CC3C(CC2C2CCCCC2)C(N(C2CCCCC2)C2CCCCC2)C2CCCCC2C3N(C2CCCCC2)C2CCCCC2)CC1. The lowest BCUT2D eigenvalue weighted by molar-refractivity contribution is -0.166. The maximum Gasteiger partial charge on any atom is 0.0164 e. The third kappa shape index (κ3) is 7.91. The number of rotatable bonds is 8. The zero-order valence-electron chi connectivity index (χ0n) is 34.4. The van der Waals surface area contributed by atoms with Crippen LogP contribution in [0.5, 0.6) is 0 Å². The average Bonchev–Trinajstić information content (AvgIpc) is 3.23. The summed E-state index contributed by atoms with van der Waals surface area (Å²) in [4.78, 5) is 7.05. The smallest absolute Gasteiger partial charge is 0.0164 e. The molecule has 8 unspecified atom stereocenters. The molecule has 9 saturated carbocycles. The second-order valence-corrected chi connectivity index (χ2v) is 21.6. The zero-order chi connectivity index (χ0) is 34.7. The normalized spacial score (nSPS) is 40.5. The minimum atomic E-state index is 0.915. The first-order chi connectivity index (χ1) is 25.8. The molecule has 0 aromatic rings. The van der Waals surface area contributed by atoms with E-state index in [1.54, 1.807) is 89.9 Å². The van der Waals surface area contributed by atoms with E-state index in [1.165, 1.54) is 141 Å². The van der Waals surface area contributed by atoms with Gasteiger partial charge in [-0.2, -0.15) is 0 Å². The standard InChI is InChI=1S/C50H86N2/c1-7-21-37(22-8-1)45-35-47-48(36-46(45)38-23-9-2-10-24-38)50(52(41-29-15-5-16-30-41)42-31-17-6-18-32-42)44-34-20-19-33-43(44)49(47)51(39-25-11-3-12-26-39)40-27-13-4-14-28-40/h37-50H,1-36H2. The predicted octanol–water partition coefficient (Wildman–Crippen LogP) is 13.9. The molecule has 0 bridgehead atoms. The summed E-state index contributed by atoms with van der Waals surface area (Å²) >= 11 is 0. The van der Waals surface area contributed by atoms with Gasteiger partial charge in [-0.3, -0.25) is 9.80 Å². The van der Waals surface area contributed by atoms with E-state index in [-0.39, 0.29) is 0 Å². The second-order valence-electron chi connectivity index (χ2n) is 21.6. The first-order valence-corrected chi connectivity index (χ1v) is 25.4. The van der Waals surface area contributed by atoms with Crippen LogP contribution < -0.4 is 0 Å². The molecule has 0 radical (unpaired) electrons. The van der Waals surface area contributed by atoms with Crippen molar-refractivity contribution < 1.29 is 0 Å². The van der Waals surface area contributed by atoms with Gasteiger partial charge in [0.1, 0.15) is 0 Å². The third-order valence-corrected chi connectivity index (χ3v) is 19.0. The van der Waals surface area contributed by atoms with E-state index >= 15 is 0 Å². The second kappa shape index (κ2) is 18.0.